The van der Waals surface area contributed by atoms with Crippen LogP contribution in [0.15, 0.2) is 18.2 Å². The van der Waals surface area contributed by atoms with E-state index in [4.69, 9.17) is 0 Å². The van der Waals surface area contributed by atoms with Crippen LogP contribution in [0.2, 0.25) is 0 Å². The summed E-state index contributed by atoms with van der Waals surface area (Å²) in [6.45, 7) is 5.54. The van der Waals surface area contributed by atoms with Gasteiger partial charge in [0.1, 0.15) is 6.04 Å². The maximum absolute atomic E-state index is 12.1. The summed E-state index contributed by atoms with van der Waals surface area (Å²) >= 11 is 0. The van der Waals surface area contributed by atoms with Crippen molar-refractivity contribution in [2.75, 3.05) is 6.54 Å². The molecule has 1 rings (SSSR count). The van der Waals surface area contributed by atoms with E-state index >= 15 is 0 Å². The van der Waals surface area contributed by atoms with Crippen molar-refractivity contribution in [3.8, 4) is 0 Å². The van der Waals surface area contributed by atoms with Gasteiger partial charge in [0.05, 0.1) is 4.92 Å². The molecule has 0 fully saturated rings. The van der Waals surface area contributed by atoms with E-state index in [2.05, 4.69) is 10.6 Å². The molecule has 0 saturated heterocycles. The molecule has 0 aliphatic rings. The zero-order valence-electron chi connectivity index (χ0n) is 12.3. The largest absolute Gasteiger partial charge is 0.354 e. The molecular formula is C14H19N3O4. The predicted octanol–water partition coefficient (Wildman–Crippen LogP) is 1.55. The van der Waals surface area contributed by atoms with Crippen molar-refractivity contribution in [3.63, 3.8) is 0 Å². The molecule has 0 aliphatic carbocycles. The summed E-state index contributed by atoms with van der Waals surface area (Å²) in [5.74, 6) is -0.788. The standard InChI is InChI=1S/C14H19N3O4/c1-4-8-15-13(18)10(3)16-14(19)11-6-5-7-12(9(11)2)17(20)21/h5-7,10H,4,8H2,1-3H3,(H,15,18)(H,16,19). The van der Waals surface area contributed by atoms with Crippen LogP contribution in [0.25, 0.3) is 0 Å². The highest BCUT2D eigenvalue weighted by Gasteiger charge is 2.21. The van der Waals surface area contributed by atoms with Gasteiger partial charge in [0.15, 0.2) is 0 Å². The van der Waals surface area contributed by atoms with E-state index in [1.807, 2.05) is 6.92 Å². The summed E-state index contributed by atoms with van der Waals surface area (Å²) in [4.78, 5) is 34.1. The lowest BCUT2D eigenvalue weighted by Gasteiger charge is -2.14. The molecular weight excluding hydrogens is 274 g/mol. The van der Waals surface area contributed by atoms with Crippen LogP contribution >= 0.6 is 0 Å². The molecule has 1 unspecified atom stereocenters. The molecule has 1 aromatic carbocycles. The topological polar surface area (TPSA) is 101 Å². The zero-order chi connectivity index (χ0) is 16.0. The zero-order valence-corrected chi connectivity index (χ0v) is 12.3. The summed E-state index contributed by atoms with van der Waals surface area (Å²) in [6.07, 6.45) is 0.802. The molecule has 0 aliphatic heterocycles. The van der Waals surface area contributed by atoms with E-state index in [9.17, 15) is 19.7 Å². The highest BCUT2D eigenvalue weighted by molar-refractivity contribution is 5.99. The lowest BCUT2D eigenvalue weighted by atomic mass is 10.1. The van der Waals surface area contributed by atoms with Crippen molar-refractivity contribution < 1.29 is 14.5 Å². The van der Waals surface area contributed by atoms with Crippen molar-refractivity contribution in [1.29, 1.82) is 0 Å². The highest BCUT2D eigenvalue weighted by atomic mass is 16.6. The van der Waals surface area contributed by atoms with Crippen molar-refractivity contribution in [2.24, 2.45) is 0 Å². The van der Waals surface area contributed by atoms with Crippen LogP contribution < -0.4 is 10.6 Å². The number of benzene rings is 1. The maximum Gasteiger partial charge on any atom is 0.273 e. The molecule has 0 aromatic heterocycles. The second-order valence-corrected chi connectivity index (χ2v) is 4.69. The smallest absolute Gasteiger partial charge is 0.273 e. The van der Waals surface area contributed by atoms with Gasteiger partial charge in [-0.05, 0) is 26.3 Å². The van der Waals surface area contributed by atoms with E-state index in [1.54, 1.807) is 6.92 Å². The fraction of sp³-hybridized carbons (Fsp3) is 0.429. The minimum Gasteiger partial charge on any atom is -0.354 e. The first-order valence-electron chi connectivity index (χ1n) is 6.71. The van der Waals surface area contributed by atoms with Gasteiger partial charge in [-0.1, -0.05) is 13.0 Å². The number of nitro groups is 1. The van der Waals surface area contributed by atoms with Crippen molar-refractivity contribution in [3.05, 3.63) is 39.4 Å². The Balaban J connectivity index is 2.83. The maximum atomic E-state index is 12.1. The molecule has 2 N–H and O–H groups in total. The summed E-state index contributed by atoms with van der Waals surface area (Å²) in [6, 6.07) is 3.57. The van der Waals surface area contributed by atoms with Gasteiger partial charge in [0, 0.05) is 23.7 Å². The predicted molar refractivity (Wildman–Crippen MR) is 78.1 cm³/mol. The minimum absolute atomic E-state index is 0.120. The van der Waals surface area contributed by atoms with Crippen LogP contribution in [0.1, 0.15) is 36.2 Å². The van der Waals surface area contributed by atoms with Crippen LogP contribution in [-0.2, 0) is 4.79 Å². The Bertz CT molecular complexity index is 557. The summed E-state index contributed by atoms with van der Waals surface area (Å²) in [5.41, 5.74) is 0.353. The second kappa shape index (κ2) is 7.37. The minimum atomic E-state index is -0.706. The normalized spacial score (nSPS) is 11.6. The first kappa shape index (κ1) is 16.6. The van der Waals surface area contributed by atoms with Crippen LogP contribution in [0.5, 0.6) is 0 Å². The van der Waals surface area contributed by atoms with Gasteiger partial charge in [-0.15, -0.1) is 0 Å². The molecule has 7 nitrogen and oxygen atoms in total. The van der Waals surface area contributed by atoms with E-state index in [0.717, 1.165) is 6.42 Å². The Morgan fingerprint density at radius 2 is 2.05 bits per heavy atom. The van der Waals surface area contributed by atoms with Gasteiger partial charge in [0.2, 0.25) is 5.91 Å². The lowest BCUT2D eigenvalue weighted by molar-refractivity contribution is -0.385. The Hall–Kier alpha value is -2.44. The lowest BCUT2D eigenvalue weighted by Crippen LogP contribution is -2.45. The number of carbonyl (C=O) groups is 2. The molecule has 0 spiro atoms. The number of nitrogens with one attached hydrogen (secondary N) is 2. The third kappa shape index (κ3) is 4.27. The highest BCUT2D eigenvalue weighted by Crippen LogP contribution is 2.20. The average molecular weight is 293 g/mol. The third-order valence-electron chi connectivity index (χ3n) is 3.04. The van der Waals surface area contributed by atoms with E-state index in [1.165, 1.54) is 25.1 Å². The van der Waals surface area contributed by atoms with Gasteiger partial charge >= 0.3 is 0 Å². The van der Waals surface area contributed by atoms with Crippen molar-refractivity contribution >= 4 is 17.5 Å². The Morgan fingerprint density at radius 1 is 1.38 bits per heavy atom. The molecule has 2 amide bonds. The van der Waals surface area contributed by atoms with Crippen LogP contribution in [0.3, 0.4) is 0 Å². The Kier molecular flexibility index (Phi) is 5.83. The van der Waals surface area contributed by atoms with Gasteiger partial charge in [-0.3, -0.25) is 19.7 Å². The van der Waals surface area contributed by atoms with Gasteiger partial charge in [0.25, 0.3) is 11.6 Å². The first-order valence-corrected chi connectivity index (χ1v) is 6.71. The quantitative estimate of drug-likeness (QED) is 0.613. The summed E-state index contributed by atoms with van der Waals surface area (Å²) in [7, 11) is 0. The van der Waals surface area contributed by atoms with E-state index in [-0.39, 0.29) is 22.7 Å². The SMILES string of the molecule is CCCNC(=O)C(C)NC(=O)c1cccc([N+](=O)[O-])c1C. The number of rotatable bonds is 6. The van der Waals surface area contributed by atoms with Crippen LogP contribution in [-0.4, -0.2) is 29.3 Å². The first-order chi connectivity index (χ1) is 9.88. The summed E-state index contributed by atoms with van der Waals surface area (Å²) < 4.78 is 0. The monoisotopic (exact) mass is 293 g/mol. The number of carbonyl (C=O) groups excluding carboxylic acids is 2. The second-order valence-electron chi connectivity index (χ2n) is 4.69. The van der Waals surface area contributed by atoms with Crippen LogP contribution in [0, 0.1) is 17.0 Å². The number of nitrogens with zero attached hydrogens (tertiary/aromatic N) is 1. The molecule has 0 heterocycles. The number of hydrogen-bond acceptors (Lipinski definition) is 4. The molecule has 114 valence electrons. The molecule has 21 heavy (non-hydrogen) atoms. The van der Waals surface area contributed by atoms with Gasteiger partial charge in [-0.25, -0.2) is 0 Å². The molecule has 0 saturated carbocycles. The fourth-order valence-electron chi connectivity index (χ4n) is 1.81. The molecule has 1 atom stereocenters. The number of amides is 2. The number of hydrogen-bond donors (Lipinski definition) is 2. The van der Waals surface area contributed by atoms with E-state index < -0.39 is 16.9 Å². The van der Waals surface area contributed by atoms with Crippen molar-refractivity contribution in [1.82, 2.24) is 10.6 Å². The Morgan fingerprint density at radius 3 is 2.62 bits per heavy atom. The number of nitro benzene ring substituents is 1. The Labute approximate surface area is 122 Å². The molecule has 7 heteroatoms. The van der Waals surface area contributed by atoms with Gasteiger partial charge in [-0.2, -0.15) is 0 Å². The van der Waals surface area contributed by atoms with Gasteiger partial charge < -0.3 is 10.6 Å². The molecule has 0 radical (unpaired) electrons. The summed E-state index contributed by atoms with van der Waals surface area (Å²) in [5, 5.41) is 16.1. The third-order valence-corrected chi connectivity index (χ3v) is 3.04. The van der Waals surface area contributed by atoms with Crippen molar-refractivity contribution in [2.45, 2.75) is 33.2 Å². The van der Waals surface area contributed by atoms with E-state index in [0.29, 0.717) is 6.54 Å². The van der Waals surface area contributed by atoms with Crippen LogP contribution in [0.4, 0.5) is 5.69 Å². The molecule has 1 aromatic rings. The fourth-order valence-corrected chi connectivity index (χ4v) is 1.81. The molecule has 0 bridgehead atoms. The average Bonchev–Trinajstić information content (AvgIpc) is 2.44.